The van der Waals surface area contributed by atoms with E-state index in [0.29, 0.717) is 29.4 Å². The number of nitrogens with one attached hydrogen (secondary N) is 1. The summed E-state index contributed by atoms with van der Waals surface area (Å²) >= 11 is 0. The minimum absolute atomic E-state index is 0.152. The molecule has 0 saturated carbocycles. The zero-order valence-corrected chi connectivity index (χ0v) is 22.6. The summed E-state index contributed by atoms with van der Waals surface area (Å²) in [7, 11) is 1.45. The number of carbonyl (C=O) groups excluding carboxylic acids is 3. The highest BCUT2D eigenvalue weighted by Crippen LogP contribution is 2.35. The number of carboxylic acid groups (broad SMARTS) is 1. The maximum absolute atomic E-state index is 13.5. The van der Waals surface area contributed by atoms with Crippen molar-refractivity contribution in [2.24, 2.45) is 0 Å². The number of rotatable bonds is 11. The molecular formula is C30H28N2O9. The van der Waals surface area contributed by atoms with Crippen molar-refractivity contribution >= 4 is 35.6 Å². The summed E-state index contributed by atoms with van der Waals surface area (Å²) in [6.07, 6.45) is 1.35. The molecule has 11 nitrogen and oxygen atoms in total. The zero-order chi connectivity index (χ0) is 29.5. The zero-order valence-electron chi connectivity index (χ0n) is 22.6. The molecule has 3 aromatic carbocycles. The number of barbiturate groups is 1. The second-order valence-corrected chi connectivity index (χ2v) is 8.65. The Morgan fingerprint density at radius 3 is 2.27 bits per heavy atom. The van der Waals surface area contributed by atoms with Crippen molar-refractivity contribution in [3.8, 4) is 23.0 Å². The molecule has 0 atom stereocenters. The van der Waals surface area contributed by atoms with Crippen molar-refractivity contribution < 1.29 is 43.2 Å². The Hall–Kier alpha value is -5.32. The van der Waals surface area contributed by atoms with Gasteiger partial charge in [0.1, 0.15) is 23.7 Å². The minimum Gasteiger partial charge on any atom is -0.494 e. The molecule has 11 heteroatoms. The molecule has 0 aliphatic carbocycles. The van der Waals surface area contributed by atoms with Crippen LogP contribution in [-0.2, 0) is 16.2 Å². The van der Waals surface area contributed by atoms with Gasteiger partial charge in [0.25, 0.3) is 11.8 Å². The van der Waals surface area contributed by atoms with Gasteiger partial charge in [0, 0.05) is 6.07 Å². The number of urea groups is 1. The lowest BCUT2D eigenvalue weighted by Gasteiger charge is -2.28. The van der Waals surface area contributed by atoms with E-state index in [9.17, 15) is 19.2 Å². The van der Waals surface area contributed by atoms with E-state index in [4.69, 9.17) is 24.1 Å². The van der Waals surface area contributed by atoms with Crippen LogP contribution in [-0.4, -0.2) is 49.2 Å². The second-order valence-electron chi connectivity index (χ2n) is 8.65. The van der Waals surface area contributed by atoms with Crippen molar-refractivity contribution in [2.75, 3.05) is 25.2 Å². The molecule has 0 bridgehead atoms. The number of hydrogen-bond donors (Lipinski definition) is 2. The van der Waals surface area contributed by atoms with Gasteiger partial charge in [0.2, 0.25) is 0 Å². The van der Waals surface area contributed by atoms with Gasteiger partial charge >= 0.3 is 12.0 Å². The van der Waals surface area contributed by atoms with Gasteiger partial charge in [-0.3, -0.25) is 14.9 Å². The Kier molecular flexibility index (Phi) is 8.88. The molecule has 41 heavy (non-hydrogen) atoms. The summed E-state index contributed by atoms with van der Waals surface area (Å²) in [6.45, 7) is 4.44. The Morgan fingerprint density at radius 2 is 1.61 bits per heavy atom. The van der Waals surface area contributed by atoms with Crippen LogP contribution in [0.5, 0.6) is 23.0 Å². The molecule has 1 saturated heterocycles. The van der Waals surface area contributed by atoms with E-state index >= 15 is 0 Å². The summed E-state index contributed by atoms with van der Waals surface area (Å²) in [6, 6.07) is 14.9. The highest BCUT2D eigenvalue weighted by Gasteiger charge is 2.38. The number of hydrogen-bond acceptors (Lipinski definition) is 8. The van der Waals surface area contributed by atoms with Gasteiger partial charge in [-0.25, -0.2) is 14.5 Å². The number of ether oxygens (including phenoxy) is 4. The standard InChI is InChI=1S/C30H28N2O9/c1-4-39-21-11-12-23(25(16-21)40-5-2)32-28(34)22(27(33)31-30(32)37)14-19-8-13-24(26(15-19)38-3)41-17-18-6-9-20(10-7-18)29(35)36/h6-16H,4-5,17H2,1-3H3,(H,35,36)(H,31,33,37)/b22-14+. The fourth-order valence-electron chi connectivity index (χ4n) is 4.05. The Balaban J connectivity index is 1.59. The third-order valence-electron chi connectivity index (χ3n) is 5.98. The van der Waals surface area contributed by atoms with Gasteiger partial charge in [-0.05, 0) is 67.4 Å². The number of nitrogens with zero attached hydrogens (tertiary/aromatic N) is 1. The first-order valence-corrected chi connectivity index (χ1v) is 12.7. The summed E-state index contributed by atoms with van der Waals surface area (Å²) in [5.74, 6) is -1.21. The van der Waals surface area contributed by atoms with Crippen molar-refractivity contribution in [1.29, 1.82) is 0 Å². The molecule has 1 heterocycles. The van der Waals surface area contributed by atoms with Crippen LogP contribution in [0.1, 0.15) is 35.3 Å². The van der Waals surface area contributed by atoms with Gasteiger partial charge in [-0.15, -0.1) is 0 Å². The van der Waals surface area contributed by atoms with E-state index in [1.165, 1.54) is 31.4 Å². The first-order chi connectivity index (χ1) is 19.7. The largest absolute Gasteiger partial charge is 0.494 e. The summed E-state index contributed by atoms with van der Waals surface area (Å²) in [4.78, 5) is 50.8. The number of carboxylic acids is 1. The highest BCUT2D eigenvalue weighted by molar-refractivity contribution is 6.39. The summed E-state index contributed by atoms with van der Waals surface area (Å²) in [5.41, 5.74) is 1.26. The second kappa shape index (κ2) is 12.7. The van der Waals surface area contributed by atoms with E-state index in [-0.39, 0.29) is 35.8 Å². The number of carbonyl (C=O) groups is 4. The van der Waals surface area contributed by atoms with E-state index in [0.717, 1.165) is 10.5 Å². The molecule has 1 aliphatic rings. The molecular weight excluding hydrogens is 532 g/mol. The van der Waals surface area contributed by atoms with E-state index in [1.54, 1.807) is 49.4 Å². The number of methoxy groups -OCH3 is 1. The lowest BCUT2D eigenvalue weighted by Crippen LogP contribution is -2.54. The number of amides is 4. The Bertz CT molecular complexity index is 1510. The van der Waals surface area contributed by atoms with E-state index < -0.39 is 23.8 Å². The van der Waals surface area contributed by atoms with Crippen molar-refractivity contribution in [3.63, 3.8) is 0 Å². The van der Waals surface area contributed by atoms with Gasteiger partial charge in [-0.2, -0.15) is 0 Å². The monoisotopic (exact) mass is 560 g/mol. The average molecular weight is 561 g/mol. The fraction of sp³-hybridized carbons (Fsp3) is 0.200. The maximum Gasteiger partial charge on any atom is 0.336 e. The average Bonchev–Trinajstić information content (AvgIpc) is 2.96. The van der Waals surface area contributed by atoms with Crippen LogP contribution in [0.4, 0.5) is 10.5 Å². The van der Waals surface area contributed by atoms with Gasteiger partial charge in [-0.1, -0.05) is 18.2 Å². The number of imide groups is 2. The SMILES string of the molecule is CCOc1ccc(N2C(=O)NC(=O)/C(=C\c3ccc(OCc4ccc(C(=O)O)cc4)c(OC)c3)C2=O)c(OCC)c1. The topological polar surface area (TPSA) is 141 Å². The Labute approximate surface area is 235 Å². The minimum atomic E-state index is -1.02. The summed E-state index contributed by atoms with van der Waals surface area (Å²) in [5, 5.41) is 11.3. The molecule has 0 aromatic heterocycles. The molecule has 1 aliphatic heterocycles. The summed E-state index contributed by atoms with van der Waals surface area (Å²) < 4.78 is 22.4. The predicted octanol–water partition coefficient (Wildman–Crippen LogP) is 4.44. The Morgan fingerprint density at radius 1 is 0.878 bits per heavy atom. The normalized spacial score (nSPS) is 14.1. The molecule has 4 rings (SSSR count). The third kappa shape index (κ3) is 6.47. The van der Waals surface area contributed by atoms with Crippen LogP contribution in [0.25, 0.3) is 6.08 Å². The lowest BCUT2D eigenvalue weighted by molar-refractivity contribution is -0.122. The number of aromatic carboxylic acids is 1. The van der Waals surface area contributed by atoms with Crippen LogP contribution in [0.2, 0.25) is 0 Å². The van der Waals surface area contributed by atoms with Gasteiger partial charge in [0.05, 0.1) is 31.6 Å². The maximum atomic E-state index is 13.5. The third-order valence-corrected chi connectivity index (χ3v) is 5.98. The van der Waals surface area contributed by atoms with Crippen LogP contribution in [0.15, 0.2) is 66.2 Å². The smallest absolute Gasteiger partial charge is 0.336 e. The van der Waals surface area contributed by atoms with Crippen molar-refractivity contribution in [1.82, 2.24) is 5.32 Å². The first kappa shape index (κ1) is 28.7. The molecule has 0 radical (unpaired) electrons. The van der Waals surface area contributed by atoms with Gasteiger partial charge < -0.3 is 24.1 Å². The van der Waals surface area contributed by atoms with Crippen LogP contribution < -0.4 is 29.2 Å². The van der Waals surface area contributed by atoms with Crippen molar-refractivity contribution in [3.05, 3.63) is 82.9 Å². The molecule has 1 fully saturated rings. The van der Waals surface area contributed by atoms with E-state index in [2.05, 4.69) is 5.32 Å². The van der Waals surface area contributed by atoms with Crippen molar-refractivity contribution in [2.45, 2.75) is 20.5 Å². The van der Waals surface area contributed by atoms with E-state index in [1.807, 2.05) is 6.92 Å². The van der Waals surface area contributed by atoms with Crippen LogP contribution in [0, 0.1) is 0 Å². The fourth-order valence-corrected chi connectivity index (χ4v) is 4.05. The van der Waals surface area contributed by atoms with Gasteiger partial charge in [0.15, 0.2) is 11.5 Å². The molecule has 212 valence electrons. The van der Waals surface area contributed by atoms with Crippen LogP contribution >= 0.6 is 0 Å². The first-order valence-electron chi connectivity index (χ1n) is 12.7. The molecule has 0 spiro atoms. The molecule has 0 unspecified atom stereocenters. The number of anilines is 1. The predicted molar refractivity (Wildman–Crippen MR) is 149 cm³/mol. The quantitative estimate of drug-likeness (QED) is 0.257. The molecule has 4 amide bonds. The molecule has 3 aromatic rings. The van der Waals surface area contributed by atoms with Crippen LogP contribution in [0.3, 0.4) is 0 Å². The molecule has 2 N–H and O–H groups in total. The lowest BCUT2D eigenvalue weighted by atomic mass is 10.1. The number of benzene rings is 3. The highest BCUT2D eigenvalue weighted by atomic mass is 16.5.